The third-order valence-electron chi connectivity index (χ3n) is 3.41. The van der Waals surface area contributed by atoms with Gasteiger partial charge in [0.2, 0.25) is 11.2 Å². The molecule has 0 aliphatic rings. The van der Waals surface area contributed by atoms with Crippen molar-refractivity contribution in [1.82, 2.24) is 0 Å². The Balaban J connectivity index is 2.42. The van der Waals surface area contributed by atoms with E-state index in [4.69, 9.17) is 9.52 Å². The lowest BCUT2D eigenvalue weighted by molar-refractivity contribution is 0.269. The Hall–Kier alpha value is -2.99. The minimum Gasteiger partial charge on any atom is -0.507 e. The molecule has 6 nitrogen and oxygen atoms in total. The highest BCUT2D eigenvalue weighted by molar-refractivity contribution is 5.89. The maximum Gasteiger partial charge on any atom is 0.238 e. The van der Waals surface area contributed by atoms with Crippen molar-refractivity contribution < 1.29 is 24.8 Å². The largest absolute Gasteiger partial charge is 0.507 e. The normalized spacial score (nSPS) is 11.0. The summed E-state index contributed by atoms with van der Waals surface area (Å²) >= 11 is 0. The standard InChI is InChI=1S/C16H12O6/c17-7-9-10(18)6-11-12(13(9)19)14(20)15(21)16(22-11)8-4-2-1-3-5-8/h1-6,17-19,21H,7H2. The summed E-state index contributed by atoms with van der Waals surface area (Å²) in [6, 6.07) is 9.60. The van der Waals surface area contributed by atoms with Crippen LogP contribution in [0, 0.1) is 0 Å². The molecule has 0 radical (unpaired) electrons. The Bertz CT molecular complexity index is 912. The van der Waals surface area contributed by atoms with Crippen molar-refractivity contribution >= 4 is 11.0 Å². The summed E-state index contributed by atoms with van der Waals surface area (Å²) in [6.45, 7) is -0.658. The molecular weight excluding hydrogens is 288 g/mol. The molecule has 3 rings (SSSR count). The van der Waals surface area contributed by atoms with E-state index in [0.29, 0.717) is 5.56 Å². The van der Waals surface area contributed by atoms with Gasteiger partial charge in [0.05, 0.1) is 12.2 Å². The van der Waals surface area contributed by atoms with Gasteiger partial charge in [-0.15, -0.1) is 0 Å². The lowest BCUT2D eigenvalue weighted by Crippen LogP contribution is -2.04. The average Bonchev–Trinajstić information content (AvgIpc) is 2.51. The zero-order valence-corrected chi connectivity index (χ0v) is 11.3. The van der Waals surface area contributed by atoms with Crippen molar-refractivity contribution in [1.29, 1.82) is 0 Å². The van der Waals surface area contributed by atoms with Gasteiger partial charge in [-0.05, 0) is 0 Å². The van der Waals surface area contributed by atoms with Crippen LogP contribution in [-0.4, -0.2) is 20.4 Å². The molecule has 4 N–H and O–H groups in total. The van der Waals surface area contributed by atoms with Crippen molar-refractivity contribution in [2.75, 3.05) is 0 Å². The zero-order valence-electron chi connectivity index (χ0n) is 11.3. The van der Waals surface area contributed by atoms with Crippen LogP contribution in [0.5, 0.6) is 17.2 Å². The number of aliphatic hydroxyl groups excluding tert-OH is 1. The maximum absolute atomic E-state index is 12.3. The highest BCUT2D eigenvalue weighted by atomic mass is 16.4. The molecule has 3 aromatic rings. The van der Waals surface area contributed by atoms with Crippen LogP contribution in [0.1, 0.15) is 5.56 Å². The fourth-order valence-corrected chi connectivity index (χ4v) is 2.29. The number of aliphatic hydroxyl groups is 1. The first-order valence-corrected chi connectivity index (χ1v) is 6.44. The number of fused-ring (bicyclic) bond motifs is 1. The van der Waals surface area contributed by atoms with Gasteiger partial charge in [0.25, 0.3) is 0 Å². The molecule has 6 heteroatoms. The Morgan fingerprint density at radius 1 is 1.00 bits per heavy atom. The van der Waals surface area contributed by atoms with Crippen LogP contribution in [0.15, 0.2) is 45.6 Å². The van der Waals surface area contributed by atoms with Gasteiger partial charge in [-0.25, -0.2) is 0 Å². The monoisotopic (exact) mass is 300 g/mol. The van der Waals surface area contributed by atoms with Crippen LogP contribution in [0.3, 0.4) is 0 Å². The topological polar surface area (TPSA) is 111 Å². The third kappa shape index (κ3) is 1.97. The zero-order chi connectivity index (χ0) is 15.9. The Kier molecular flexibility index (Phi) is 3.23. The van der Waals surface area contributed by atoms with Crippen molar-refractivity contribution in [3.8, 4) is 28.6 Å². The van der Waals surface area contributed by atoms with E-state index in [-0.39, 0.29) is 22.3 Å². The summed E-state index contributed by atoms with van der Waals surface area (Å²) in [4.78, 5) is 12.3. The predicted molar refractivity (Wildman–Crippen MR) is 78.8 cm³/mol. The summed E-state index contributed by atoms with van der Waals surface area (Å²) in [5, 5.41) is 38.7. The molecule has 0 aliphatic carbocycles. The highest BCUT2D eigenvalue weighted by Crippen LogP contribution is 2.38. The summed E-state index contributed by atoms with van der Waals surface area (Å²) < 4.78 is 5.47. The summed E-state index contributed by atoms with van der Waals surface area (Å²) in [5.41, 5.74) is -0.656. The molecule has 0 spiro atoms. The van der Waals surface area contributed by atoms with Crippen molar-refractivity contribution in [2.45, 2.75) is 6.61 Å². The van der Waals surface area contributed by atoms with Gasteiger partial charge in [-0.1, -0.05) is 30.3 Å². The van der Waals surface area contributed by atoms with Crippen LogP contribution in [0.25, 0.3) is 22.3 Å². The van der Waals surface area contributed by atoms with Crippen molar-refractivity contribution in [3.63, 3.8) is 0 Å². The second-order valence-corrected chi connectivity index (χ2v) is 4.73. The number of hydrogen-bond acceptors (Lipinski definition) is 6. The van der Waals surface area contributed by atoms with Crippen LogP contribution in [0.4, 0.5) is 0 Å². The Labute approximate surface area is 124 Å². The molecule has 0 amide bonds. The first kappa shape index (κ1) is 14.0. The van der Waals surface area contributed by atoms with Gasteiger partial charge in [0, 0.05) is 11.6 Å². The minimum absolute atomic E-state index is 0.0614. The predicted octanol–water partition coefficient (Wildman–Crippen LogP) is 2.07. The Morgan fingerprint density at radius 3 is 2.32 bits per heavy atom. The minimum atomic E-state index is -0.840. The number of rotatable bonds is 2. The molecule has 1 aromatic heterocycles. The number of benzene rings is 2. The molecule has 0 saturated heterocycles. The van der Waals surface area contributed by atoms with E-state index in [1.54, 1.807) is 30.3 Å². The van der Waals surface area contributed by atoms with Gasteiger partial charge in [-0.2, -0.15) is 0 Å². The number of aromatic hydroxyl groups is 3. The van der Waals surface area contributed by atoms with Crippen molar-refractivity contribution in [3.05, 3.63) is 52.2 Å². The second-order valence-electron chi connectivity index (χ2n) is 4.73. The smallest absolute Gasteiger partial charge is 0.238 e. The fraction of sp³-hybridized carbons (Fsp3) is 0.0625. The van der Waals surface area contributed by atoms with Crippen LogP contribution < -0.4 is 5.43 Å². The van der Waals surface area contributed by atoms with E-state index in [2.05, 4.69) is 0 Å². The van der Waals surface area contributed by atoms with E-state index in [0.717, 1.165) is 6.07 Å². The molecular formula is C16H12O6. The molecule has 0 saturated carbocycles. The highest BCUT2D eigenvalue weighted by Gasteiger charge is 2.21. The van der Waals surface area contributed by atoms with E-state index < -0.39 is 29.3 Å². The van der Waals surface area contributed by atoms with Crippen LogP contribution in [0.2, 0.25) is 0 Å². The maximum atomic E-state index is 12.3. The molecule has 0 unspecified atom stereocenters. The quantitative estimate of drug-likeness (QED) is 0.576. The van der Waals surface area contributed by atoms with Crippen LogP contribution >= 0.6 is 0 Å². The van der Waals surface area contributed by atoms with Gasteiger partial charge in [0.1, 0.15) is 22.5 Å². The second kappa shape index (κ2) is 5.09. The molecule has 0 aliphatic heterocycles. The first-order valence-electron chi connectivity index (χ1n) is 6.44. The van der Waals surface area contributed by atoms with Gasteiger partial charge < -0.3 is 24.8 Å². The van der Waals surface area contributed by atoms with Gasteiger partial charge >= 0.3 is 0 Å². The fourth-order valence-electron chi connectivity index (χ4n) is 2.29. The van der Waals surface area contributed by atoms with Gasteiger partial charge in [0.15, 0.2) is 5.76 Å². The van der Waals surface area contributed by atoms with E-state index in [1.807, 2.05) is 0 Å². The first-order chi connectivity index (χ1) is 10.5. The third-order valence-corrected chi connectivity index (χ3v) is 3.41. The van der Waals surface area contributed by atoms with E-state index in [9.17, 15) is 20.1 Å². The summed E-state index contributed by atoms with van der Waals surface area (Å²) in [6.07, 6.45) is 0. The number of hydrogen-bond donors (Lipinski definition) is 4. The molecule has 1 heterocycles. The number of phenols is 2. The molecule has 0 atom stereocenters. The molecule has 0 bridgehead atoms. The average molecular weight is 300 g/mol. The summed E-state index contributed by atoms with van der Waals surface area (Å²) in [7, 11) is 0. The van der Waals surface area contributed by atoms with E-state index >= 15 is 0 Å². The lowest BCUT2D eigenvalue weighted by atomic mass is 10.1. The molecule has 22 heavy (non-hydrogen) atoms. The molecule has 2 aromatic carbocycles. The SMILES string of the molecule is O=c1c(O)c(-c2ccccc2)oc2cc(O)c(CO)c(O)c12. The van der Waals surface area contributed by atoms with Gasteiger partial charge in [-0.3, -0.25) is 4.79 Å². The molecule has 112 valence electrons. The molecule has 0 fully saturated rings. The lowest BCUT2D eigenvalue weighted by Gasteiger charge is -2.10. The summed E-state index contributed by atoms with van der Waals surface area (Å²) in [5.74, 6) is -1.72. The van der Waals surface area contributed by atoms with E-state index in [1.165, 1.54) is 0 Å². The Morgan fingerprint density at radius 2 is 1.68 bits per heavy atom. The van der Waals surface area contributed by atoms with Crippen molar-refractivity contribution in [2.24, 2.45) is 0 Å². The van der Waals surface area contributed by atoms with Crippen LogP contribution in [-0.2, 0) is 6.61 Å².